The van der Waals surface area contributed by atoms with Crippen LogP contribution >= 0.6 is 0 Å². The van der Waals surface area contributed by atoms with Crippen molar-refractivity contribution >= 4 is 16.9 Å². The Morgan fingerprint density at radius 2 is 2.14 bits per heavy atom. The topological polar surface area (TPSA) is 68.5 Å². The van der Waals surface area contributed by atoms with E-state index >= 15 is 0 Å². The summed E-state index contributed by atoms with van der Waals surface area (Å²) in [5.74, 6) is 0.0989. The smallest absolute Gasteiger partial charge is 0.349 e. The van der Waals surface area contributed by atoms with Gasteiger partial charge >= 0.3 is 5.63 Å². The number of carbonyl (C=O) groups is 1. The largest absolute Gasteiger partial charge is 0.490 e. The number of rotatable bonds is 6. The Morgan fingerprint density at radius 3 is 2.82 bits per heavy atom. The molecule has 5 nitrogen and oxygen atoms in total. The predicted molar refractivity (Wildman–Crippen MR) is 85.5 cm³/mol. The minimum absolute atomic E-state index is 0.00640. The van der Waals surface area contributed by atoms with Gasteiger partial charge in [-0.05, 0) is 32.4 Å². The van der Waals surface area contributed by atoms with Crippen molar-refractivity contribution in [3.63, 3.8) is 0 Å². The van der Waals surface area contributed by atoms with Gasteiger partial charge in [0.15, 0.2) is 11.3 Å². The summed E-state index contributed by atoms with van der Waals surface area (Å²) in [6.07, 6.45) is 1.95. The van der Waals surface area contributed by atoms with Crippen molar-refractivity contribution in [3.8, 4) is 5.75 Å². The van der Waals surface area contributed by atoms with Crippen molar-refractivity contribution in [1.82, 2.24) is 5.32 Å². The summed E-state index contributed by atoms with van der Waals surface area (Å²) in [6, 6.07) is 6.86. The summed E-state index contributed by atoms with van der Waals surface area (Å²) in [5, 5.41) is 3.36. The first-order valence-electron chi connectivity index (χ1n) is 7.53. The van der Waals surface area contributed by atoms with Crippen LogP contribution in [0.3, 0.4) is 0 Å². The molecule has 0 saturated heterocycles. The molecule has 2 aromatic rings. The number of carbonyl (C=O) groups excluding carboxylic acids is 1. The van der Waals surface area contributed by atoms with Gasteiger partial charge in [-0.15, -0.1) is 0 Å². The van der Waals surface area contributed by atoms with Gasteiger partial charge in [-0.1, -0.05) is 25.5 Å². The number of unbranched alkanes of at least 4 members (excludes halogenated alkanes) is 1. The van der Waals surface area contributed by atoms with Crippen LogP contribution in [0.4, 0.5) is 0 Å². The Bertz CT molecular complexity index is 718. The molecule has 118 valence electrons. The molecule has 1 aromatic carbocycles. The van der Waals surface area contributed by atoms with Crippen LogP contribution in [0.2, 0.25) is 0 Å². The van der Waals surface area contributed by atoms with Crippen molar-refractivity contribution in [1.29, 1.82) is 0 Å². The van der Waals surface area contributed by atoms with Gasteiger partial charge < -0.3 is 14.5 Å². The molecule has 0 aliphatic heterocycles. The lowest BCUT2D eigenvalue weighted by molar-refractivity contribution is 0.0939. The lowest BCUT2D eigenvalue weighted by Gasteiger charge is -2.10. The van der Waals surface area contributed by atoms with E-state index in [4.69, 9.17) is 9.15 Å². The maximum Gasteiger partial charge on any atom is 0.349 e. The van der Waals surface area contributed by atoms with Crippen molar-refractivity contribution in [2.24, 2.45) is 0 Å². The van der Waals surface area contributed by atoms with Crippen LogP contribution in [-0.2, 0) is 0 Å². The molecule has 0 aliphatic carbocycles. The van der Waals surface area contributed by atoms with Gasteiger partial charge in [-0.2, -0.15) is 0 Å². The summed E-state index contributed by atoms with van der Waals surface area (Å²) in [7, 11) is 0. The highest BCUT2D eigenvalue weighted by Gasteiger charge is 2.16. The zero-order chi connectivity index (χ0) is 16.1. The van der Waals surface area contributed by atoms with E-state index in [1.165, 1.54) is 0 Å². The fourth-order valence-electron chi connectivity index (χ4n) is 2.06. The first kappa shape index (κ1) is 16.1. The monoisotopic (exact) mass is 303 g/mol. The number of amides is 1. The molecule has 0 saturated carbocycles. The Morgan fingerprint density at radius 1 is 1.36 bits per heavy atom. The lowest BCUT2D eigenvalue weighted by atomic mass is 10.1. The van der Waals surface area contributed by atoms with E-state index in [2.05, 4.69) is 12.2 Å². The van der Waals surface area contributed by atoms with Crippen LogP contribution in [0.15, 0.2) is 33.5 Å². The maximum atomic E-state index is 12.1. The van der Waals surface area contributed by atoms with Gasteiger partial charge in [0.05, 0.1) is 6.61 Å². The second-order valence-electron chi connectivity index (χ2n) is 5.45. The van der Waals surface area contributed by atoms with Gasteiger partial charge in [0.25, 0.3) is 5.91 Å². The number of hydrogen-bond donors (Lipinski definition) is 1. The Hall–Kier alpha value is -2.30. The van der Waals surface area contributed by atoms with Gasteiger partial charge in [-0.25, -0.2) is 4.79 Å². The summed E-state index contributed by atoms with van der Waals surface area (Å²) >= 11 is 0. The molecule has 0 atom stereocenters. The first-order chi connectivity index (χ1) is 10.5. The molecule has 22 heavy (non-hydrogen) atoms. The molecule has 0 bridgehead atoms. The molecule has 0 spiro atoms. The van der Waals surface area contributed by atoms with Crippen molar-refractivity contribution < 1.29 is 13.9 Å². The lowest BCUT2D eigenvalue weighted by Crippen LogP contribution is -2.33. The fraction of sp³-hybridized carbons (Fsp3) is 0.412. The van der Waals surface area contributed by atoms with E-state index in [0.29, 0.717) is 23.3 Å². The van der Waals surface area contributed by atoms with Gasteiger partial charge in [0, 0.05) is 11.4 Å². The summed E-state index contributed by atoms with van der Waals surface area (Å²) < 4.78 is 11.0. The molecular formula is C17H21NO4. The standard InChI is InChI=1S/C17H21NO4/c1-4-5-9-21-14-8-6-7-12-10-13(16(19)18-11(2)3)17(20)22-15(12)14/h6-8,10-11H,4-5,9H2,1-3H3,(H,18,19). The first-order valence-corrected chi connectivity index (χ1v) is 7.53. The number of fused-ring (bicyclic) bond motifs is 1. The molecule has 2 rings (SSSR count). The average molecular weight is 303 g/mol. The third-order valence-corrected chi connectivity index (χ3v) is 3.14. The third kappa shape index (κ3) is 3.67. The van der Waals surface area contributed by atoms with E-state index in [1.54, 1.807) is 18.2 Å². The van der Waals surface area contributed by atoms with E-state index in [-0.39, 0.29) is 11.6 Å². The number of ether oxygens (including phenoxy) is 1. The number of hydrogen-bond acceptors (Lipinski definition) is 4. The highest BCUT2D eigenvalue weighted by Crippen LogP contribution is 2.25. The third-order valence-electron chi connectivity index (χ3n) is 3.14. The summed E-state index contributed by atoms with van der Waals surface area (Å²) in [5.41, 5.74) is -0.270. The number of nitrogens with one attached hydrogen (secondary N) is 1. The van der Waals surface area contributed by atoms with Gasteiger partial charge in [0.1, 0.15) is 5.56 Å². The van der Waals surface area contributed by atoms with Crippen molar-refractivity contribution in [3.05, 3.63) is 40.2 Å². The normalized spacial score (nSPS) is 10.9. The van der Waals surface area contributed by atoms with Gasteiger partial charge in [-0.3, -0.25) is 4.79 Å². The van der Waals surface area contributed by atoms with Crippen molar-refractivity contribution in [2.75, 3.05) is 6.61 Å². The minimum atomic E-state index is -0.655. The summed E-state index contributed by atoms with van der Waals surface area (Å²) in [6.45, 7) is 6.31. The minimum Gasteiger partial charge on any atom is -0.490 e. The second kappa shape index (κ2) is 7.11. The van der Waals surface area contributed by atoms with Crippen LogP contribution in [0.1, 0.15) is 44.0 Å². The van der Waals surface area contributed by atoms with Crippen LogP contribution in [-0.4, -0.2) is 18.6 Å². The molecule has 0 fully saturated rings. The maximum absolute atomic E-state index is 12.1. The van der Waals surface area contributed by atoms with Gasteiger partial charge in [0.2, 0.25) is 0 Å². The van der Waals surface area contributed by atoms with Crippen LogP contribution in [0.25, 0.3) is 11.0 Å². The SMILES string of the molecule is CCCCOc1cccc2cc(C(=O)NC(C)C)c(=O)oc12. The highest BCUT2D eigenvalue weighted by atomic mass is 16.5. The van der Waals surface area contributed by atoms with E-state index in [9.17, 15) is 9.59 Å². The van der Waals surface area contributed by atoms with E-state index < -0.39 is 11.5 Å². The molecule has 1 N–H and O–H groups in total. The molecule has 0 aliphatic rings. The number of para-hydroxylation sites is 1. The zero-order valence-electron chi connectivity index (χ0n) is 13.1. The molecule has 5 heteroatoms. The quantitative estimate of drug-likeness (QED) is 0.657. The molecule has 0 unspecified atom stereocenters. The zero-order valence-corrected chi connectivity index (χ0v) is 13.1. The highest BCUT2D eigenvalue weighted by molar-refractivity contribution is 5.97. The molecule has 1 aromatic heterocycles. The summed E-state index contributed by atoms with van der Waals surface area (Å²) in [4.78, 5) is 24.1. The molecule has 0 radical (unpaired) electrons. The van der Waals surface area contributed by atoms with Crippen molar-refractivity contribution in [2.45, 2.75) is 39.7 Å². The second-order valence-corrected chi connectivity index (χ2v) is 5.45. The Balaban J connectivity index is 2.39. The number of benzene rings is 1. The van der Waals surface area contributed by atoms with E-state index in [0.717, 1.165) is 12.8 Å². The predicted octanol–water partition coefficient (Wildman–Crippen LogP) is 3.11. The van der Waals surface area contributed by atoms with E-state index in [1.807, 2.05) is 19.9 Å². The Kier molecular flexibility index (Phi) is 5.20. The van der Waals surface area contributed by atoms with Crippen LogP contribution in [0.5, 0.6) is 5.75 Å². The Labute approximate surface area is 129 Å². The molecule has 1 heterocycles. The molecular weight excluding hydrogens is 282 g/mol. The average Bonchev–Trinajstić information content (AvgIpc) is 2.46. The fourth-order valence-corrected chi connectivity index (χ4v) is 2.06. The van der Waals surface area contributed by atoms with Crippen LogP contribution < -0.4 is 15.7 Å². The van der Waals surface area contributed by atoms with Crippen LogP contribution in [0, 0.1) is 0 Å². The molecule has 1 amide bonds.